The Hall–Kier alpha value is -3.70. The summed E-state index contributed by atoms with van der Waals surface area (Å²) in [6, 6.07) is 11.7. The molecule has 0 saturated heterocycles. The minimum absolute atomic E-state index is 0.126. The van der Waals surface area contributed by atoms with E-state index in [1.807, 2.05) is 6.07 Å². The predicted octanol–water partition coefficient (Wildman–Crippen LogP) is 4.06. The average molecular weight is 457 g/mol. The van der Waals surface area contributed by atoms with Crippen molar-refractivity contribution in [2.45, 2.75) is 5.16 Å². The van der Waals surface area contributed by atoms with Crippen LogP contribution in [0.2, 0.25) is 5.02 Å². The van der Waals surface area contributed by atoms with Crippen LogP contribution >= 0.6 is 23.4 Å². The van der Waals surface area contributed by atoms with Gasteiger partial charge in [0.1, 0.15) is 0 Å². The average Bonchev–Trinajstić information content (AvgIpc) is 3.42. The lowest BCUT2D eigenvalue weighted by atomic mass is 10.0. The smallest absolute Gasteiger partial charge is 0.313 e. The van der Waals surface area contributed by atoms with Crippen LogP contribution in [0.1, 0.15) is 0 Å². The third kappa shape index (κ3) is 4.73. The molecule has 0 aliphatic rings. The zero-order chi connectivity index (χ0) is 22.0. The van der Waals surface area contributed by atoms with Gasteiger partial charge in [0.2, 0.25) is 5.16 Å². The van der Waals surface area contributed by atoms with Crippen LogP contribution in [-0.2, 0) is 4.79 Å². The van der Waals surface area contributed by atoms with Crippen molar-refractivity contribution in [2.24, 2.45) is 0 Å². The summed E-state index contributed by atoms with van der Waals surface area (Å²) >= 11 is 6.98. The third-order valence-electron chi connectivity index (χ3n) is 4.18. The number of nitro benzene ring substituents is 1. The summed E-state index contributed by atoms with van der Waals surface area (Å²) in [5.41, 5.74) is 2.28. The van der Waals surface area contributed by atoms with Gasteiger partial charge in [0.15, 0.2) is 5.82 Å². The molecule has 0 aliphatic carbocycles. The highest BCUT2D eigenvalue weighted by atomic mass is 35.5. The van der Waals surface area contributed by atoms with Crippen LogP contribution in [0.3, 0.4) is 0 Å². The highest BCUT2D eigenvalue weighted by Gasteiger charge is 2.16. The van der Waals surface area contributed by atoms with Gasteiger partial charge < -0.3 is 5.11 Å². The Morgan fingerprint density at radius 3 is 2.77 bits per heavy atom. The standard InChI is InChI=1S/C19H13ClN6O4S/c20-14-2-1-3-15(7-14)25-9-13(8-21-25)11-4-12(6-16(5-11)26(29)30)18-22-19(24-23-18)31-10-17(27)28/h1-9H,10H2,(H,27,28)(H,22,23,24). The van der Waals surface area contributed by atoms with E-state index in [4.69, 9.17) is 16.7 Å². The first-order valence-electron chi connectivity index (χ1n) is 8.77. The minimum Gasteiger partial charge on any atom is -0.481 e. The molecule has 0 unspecified atom stereocenters. The Morgan fingerprint density at radius 2 is 2.03 bits per heavy atom. The van der Waals surface area contributed by atoms with Crippen molar-refractivity contribution >= 4 is 35.0 Å². The number of benzene rings is 2. The molecule has 0 amide bonds. The lowest BCUT2D eigenvalue weighted by Crippen LogP contribution is -1.97. The first-order valence-corrected chi connectivity index (χ1v) is 10.1. The summed E-state index contributed by atoms with van der Waals surface area (Å²) in [6.45, 7) is 0. The number of thioether (sulfide) groups is 1. The van der Waals surface area contributed by atoms with E-state index in [0.717, 1.165) is 17.4 Å². The first-order chi connectivity index (χ1) is 14.9. The molecular weight excluding hydrogens is 444 g/mol. The second-order valence-corrected chi connectivity index (χ2v) is 7.71. The van der Waals surface area contributed by atoms with Gasteiger partial charge in [0, 0.05) is 34.5 Å². The number of carboxylic acid groups (broad SMARTS) is 1. The van der Waals surface area contributed by atoms with E-state index in [-0.39, 0.29) is 16.6 Å². The predicted molar refractivity (Wildman–Crippen MR) is 114 cm³/mol. The molecule has 0 radical (unpaired) electrons. The van der Waals surface area contributed by atoms with Crippen LogP contribution in [0.5, 0.6) is 0 Å². The van der Waals surface area contributed by atoms with Gasteiger partial charge in [0.25, 0.3) is 5.69 Å². The van der Waals surface area contributed by atoms with Crippen LogP contribution < -0.4 is 0 Å². The van der Waals surface area contributed by atoms with Crippen molar-refractivity contribution in [2.75, 3.05) is 5.75 Å². The number of H-pyrrole nitrogens is 1. The van der Waals surface area contributed by atoms with Crippen molar-refractivity contribution in [3.63, 3.8) is 0 Å². The van der Waals surface area contributed by atoms with Gasteiger partial charge in [-0.1, -0.05) is 29.4 Å². The maximum absolute atomic E-state index is 11.5. The SMILES string of the molecule is O=C(O)CSc1n[nH]c(-c2cc(-c3cnn(-c4cccc(Cl)c4)c3)cc([N+](=O)[O-])c2)n1. The van der Waals surface area contributed by atoms with Crippen LogP contribution in [0.4, 0.5) is 5.69 Å². The molecule has 156 valence electrons. The fourth-order valence-electron chi connectivity index (χ4n) is 2.82. The van der Waals surface area contributed by atoms with Gasteiger partial charge in [-0.3, -0.25) is 20.0 Å². The van der Waals surface area contributed by atoms with Gasteiger partial charge in [-0.05, 0) is 29.8 Å². The van der Waals surface area contributed by atoms with Crippen LogP contribution in [0, 0.1) is 10.1 Å². The van der Waals surface area contributed by atoms with Gasteiger partial charge in [-0.2, -0.15) is 5.10 Å². The largest absolute Gasteiger partial charge is 0.481 e. The molecule has 0 fully saturated rings. The van der Waals surface area contributed by atoms with Gasteiger partial charge in [-0.15, -0.1) is 5.10 Å². The van der Waals surface area contributed by atoms with Crippen molar-refractivity contribution in [3.05, 3.63) is 70.0 Å². The molecule has 0 aliphatic heterocycles. The Labute approximate surface area is 184 Å². The second-order valence-electron chi connectivity index (χ2n) is 6.33. The molecule has 2 N–H and O–H groups in total. The second kappa shape index (κ2) is 8.58. The van der Waals surface area contributed by atoms with Gasteiger partial charge >= 0.3 is 5.97 Å². The molecule has 2 aromatic heterocycles. The molecular formula is C19H13ClN6O4S. The molecule has 4 rings (SSSR count). The van der Waals surface area contributed by atoms with E-state index >= 15 is 0 Å². The van der Waals surface area contributed by atoms with Crippen molar-refractivity contribution in [1.82, 2.24) is 25.0 Å². The summed E-state index contributed by atoms with van der Waals surface area (Å²) in [7, 11) is 0. The fraction of sp³-hybridized carbons (Fsp3) is 0.0526. The number of halogens is 1. The quantitative estimate of drug-likeness (QED) is 0.241. The number of hydrogen-bond acceptors (Lipinski definition) is 7. The Bertz CT molecular complexity index is 1290. The lowest BCUT2D eigenvalue weighted by Gasteiger charge is -2.03. The molecule has 2 aromatic carbocycles. The number of aromatic nitrogens is 5. The van der Waals surface area contributed by atoms with E-state index in [1.165, 1.54) is 12.1 Å². The topological polar surface area (TPSA) is 140 Å². The van der Waals surface area contributed by atoms with E-state index in [0.29, 0.717) is 27.5 Å². The summed E-state index contributed by atoms with van der Waals surface area (Å²) < 4.78 is 1.62. The summed E-state index contributed by atoms with van der Waals surface area (Å²) in [4.78, 5) is 25.9. The number of nitrogens with one attached hydrogen (secondary N) is 1. The summed E-state index contributed by atoms with van der Waals surface area (Å²) in [5.74, 6) is -0.897. The normalized spacial score (nSPS) is 10.9. The maximum atomic E-state index is 11.5. The number of carboxylic acids is 1. The van der Waals surface area contributed by atoms with E-state index in [9.17, 15) is 14.9 Å². The zero-order valence-electron chi connectivity index (χ0n) is 15.6. The van der Waals surface area contributed by atoms with Crippen molar-refractivity contribution < 1.29 is 14.8 Å². The van der Waals surface area contributed by atoms with Crippen LogP contribution in [-0.4, -0.2) is 46.7 Å². The molecule has 0 atom stereocenters. The number of nitrogens with zero attached hydrogens (tertiary/aromatic N) is 5. The van der Waals surface area contributed by atoms with Crippen molar-refractivity contribution in [3.8, 4) is 28.2 Å². The van der Waals surface area contributed by atoms with Crippen molar-refractivity contribution in [1.29, 1.82) is 0 Å². The number of non-ortho nitro benzene ring substituents is 1. The van der Waals surface area contributed by atoms with Crippen LogP contribution in [0.25, 0.3) is 28.2 Å². The highest BCUT2D eigenvalue weighted by Crippen LogP contribution is 2.31. The number of nitro groups is 1. The molecule has 0 saturated carbocycles. The molecule has 4 aromatic rings. The molecule has 31 heavy (non-hydrogen) atoms. The number of aliphatic carboxylic acids is 1. The first kappa shape index (κ1) is 20.6. The van der Waals surface area contributed by atoms with E-state index in [2.05, 4.69) is 20.3 Å². The minimum atomic E-state index is -0.995. The van der Waals surface area contributed by atoms with E-state index < -0.39 is 10.9 Å². The molecule has 2 heterocycles. The Kier molecular flexibility index (Phi) is 5.69. The number of carbonyl (C=O) groups is 1. The highest BCUT2D eigenvalue weighted by molar-refractivity contribution is 7.99. The molecule has 10 nitrogen and oxygen atoms in total. The van der Waals surface area contributed by atoms with Gasteiger partial charge in [0.05, 0.1) is 22.6 Å². The third-order valence-corrected chi connectivity index (χ3v) is 5.25. The monoisotopic (exact) mass is 456 g/mol. The molecule has 0 spiro atoms. The molecule has 12 heteroatoms. The number of hydrogen-bond donors (Lipinski definition) is 2. The lowest BCUT2D eigenvalue weighted by molar-refractivity contribution is -0.384. The Morgan fingerprint density at radius 1 is 1.23 bits per heavy atom. The maximum Gasteiger partial charge on any atom is 0.313 e. The summed E-state index contributed by atoms with van der Waals surface area (Å²) in [6.07, 6.45) is 3.33. The summed E-state index contributed by atoms with van der Waals surface area (Å²) in [5, 5.41) is 32.0. The fourth-order valence-corrected chi connectivity index (χ4v) is 3.52. The van der Waals surface area contributed by atoms with E-state index in [1.54, 1.807) is 41.3 Å². The Balaban J connectivity index is 1.70. The van der Waals surface area contributed by atoms with Crippen LogP contribution in [0.15, 0.2) is 60.0 Å². The molecule has 0 bridgehead atoms. The number of aromatic amines is 1. The zero-order valence-corrected chi connectivity index (χ0v) is 17.2. The number of rotatable bonds is 7. The van der Waals surface area contributed by atoms with Gasteiger partial charge in [-0.25, -0.2) is 9.67 Å².